The molecule has 0 aliphatic rings. The fourth-order valence-corrected chi connectivity index (χ4v) is 2.73. The summed E-state index contributed by atoms with van der Waals surface area (Å²) in [5.74, 6) is -2.99. The Balaban J connectivity index is 3.05. The molecule has 9 heteroatoms. The van der Waals surface area contributed by atoms with Gasteiger partial charge in [0.05, 0.1) is 17.9 Å². The van der Waals surface area contributed by atoms with Crippen molar-refractivity contribution >= 4 is 55.4 Å². The van der Waals surface area contributed by atoms with Gasteiger partial charge in [0.2, 0.25) is 0 Å². The minimum Gasteiger partial charge on any atom is -0.478 e. The molecule has 0 radical (unpaired) electrons. The van der Waals surface area contributed by atoms with Gasteiger partial charge in [-0.25, -0.2) is 9.59 Å². The van der Waals surface area contributed by atoms with Crippen LogP contribution in [0.2, 0.25) is 0 Å². The van der Waals surface area contributed by atoms with Crippen LogP contribution in [0.1, 0.15) is 17.3 Å². The van der Waals surface area contributed by atoms with Crippen LogP contribution in [0.15, 0.2) is 21.1 Å². The molecular weight excluding hydrogens is 412 g/mol. The summed E-state index contributed by atoms with van der Waals surface area (Å²) in [6.45, 7) is 1.67. The lowest BCUT2D eigenvalue weighted by molar-refractivity contribution is -0.146. The maximum absolute atomic E-state index is 11.9. The van der Waals surface area contributed by atoms with Gasteiger partial charge in [-0.15, -0.1) is 0 Å². The molecule has 0 aliphatic heterocycles. The quantitative estimate of drug-likeness (QED) is 0.490. The summed E-state index contributed by atoms with van der Waals surface area (Å²) in [6.07, 6.45) is 0. The molecule has 114 valence electrons. The van der Waals surface area contributed by atoms with E-state index in [1.165, 1.54) is 6.07 Å². The zero-order chi connectivity index (χ0) is 16.2. The van der Waals surface area contributed by atoms with Crippen molar-refractivity contribution in [1.82, 2.24) is 0 Å². The molecule has 0 fully saturated rings. The second kappa shape index (κ2) is 7.53. The minimum absolute atomic E-state index is 0.00967. The van der Waals surface area contributed by atoms with Crippen LogP contribution in [0, 0.1) is 0 Å². The Hall–Kier alpha value is -1.45. The fraction of sp³-hybridized carbons (Fsp3) is 0.250. The molecule has 1 rings (SSSR count). The van der Waals surface area contributed by atoms with E-state index in [-0.39, 0.29) is 17.9 Å². The van der Waals surface area contributed by atoms with Crippen LogP contribution in [0.25, 0.3) is 0 Å². The highest BCUT2D eigenvalue weighted by molar-refractivity contribution is 9.11. The molecule has 0 spiro atoms. The van der Waals surface area contributed by atoms with Crippen LogP contribution in [0.4, 0.5) is 5.69 Å². The number of carboxylic acids is 1. The molecule has 0 saturated heterocycles. The number of hydrogen-bond acceptors (Lipinski definition) is 5. The van der Waals surface area contributed by atoms with Crippen molar-refractivity contribution in [2.75, 3.05) is 11.9 Å². The van der Waals surface area contributed by atoms with Gasteiger partial charge in [0, 0.05) is 8.95 Å². The van der Waals surface area contributed by atoms with Crippen LogP contribution in [-0.2, 0) is 14.3 Å². The van der Waals surface area contributed by atoms with Crippen molar-refractivity contribution in [3.05, 3.63) is 26.6 Å². The van der Waals surface area contributed by atoms with Gasteiger partial charge in [-0.3, -0.25) is 4.79 Å². The van der Waals surface area contributed by atoms with Gasteiger partial charge in [-0.1, -0.05) is 15.9 Å². The third kappa shape index (κ3) is 4.51. The summed E-state index contributed by atoms with van der Waals surface area (Å²) in [4.78, 5) is 34.5. The van der Waals surface area contributed by atoms with Gasteiger partial charge in [0.1, 0.15) is 0 Å². The molecule has 4 N–H and O–H groups in total. The predicted molar refractivity (Wildman–Crippen MR) is 82.0 cm³/mol. The second-order valence-electron chi connectivity index (χ2n) is 3.83. The highest BCUT2D eigenvalue weighted by Gasteiger charge is 2.26. The Labute approximate surface area is 137 Å². The first-order valence-corrected chi connectivity index (χ1v) is 7.32. The lowest BCUT2D eigenvalue weighted by Gasteiger charge is -2.14. The largest absolute Gasteiger partial charge is 0.478 e. The summed E-state index contributed by atoms with van der Waals surface area (Å²) in [7, 11) is 0. The zero-order valence-electron chi connectivity index (χ0n) is 10.9. The third-order valence-corrected chi connectivity index (χ3v) is 3.44. The van der Waals surface area contributed by atoms with Gasteiger partial charge in [-0.05, 0) is 35.0 Å². The van der Waals surface area contributed by atoms with Gasteiger partial charge in [0.25, 0.3) is 5.91 Å². The standard InChI is InChI=1S/C12H12Br2N2O5/c1-2-21-12(20)8(15)10(17)16-9-6(11(18)19)3-5(13)4-7(9)14/h3-4,8H,2,15H2,1H3,(H,16,17)(H,18,19). The average Bonchev–Trinajstić information content (AvgIpc) is 2.40. The number of carboxylic acid groups (broad SMARTS) is 1. The normalized spacial score (nSPS) is 11.6. The lowest BCUT2D eigenvalue weighted by Crippen LogP contribution is -2.43. The molecule has 0 aliphatic carbocycles. The maximum atomic E-state index is 11.9. The van der Waals surface area contributed by atoms with Crippen molar-refractivity contribution in [2.45, 2.75) is 13.0 Å². The van der Waals surface area contributed by atoms with E-state index >= 15 is 0 Å². The summed E-state index contributed by atoms with van der Waals surface area (Å²) >= 11 is 6.30. The van der Waals surface area contributed by atoms with Crippen molar-refractivity contribution in [2.24, 2.45) is 5.73 Å². The van der Waals surface area contributed by atoms with Gasteiger partial charge in [0.15, 0.2) is 6.04 Å². The monoisotopic (exact) mass is 422 g/mol. The van der Waals surface area contributed by atoms with Gasteiger partial charge >= 0.3 is 11.9 Å². The minimum atomic E-state index is -1.54. The number of benzene rings is 1. The first-order valence-electron chi connectivity index (χ1n) is 5.73. The summed E-state index contributed by atoms with van der Waals surface area (Å²) in [5.41, 5.74) is 5.30. The van der Waals surface area contributed by atoms with Gasteiger partial charge < -0.3 is 20.9 Å². The maximum Gasteiger partial charge on any atom is 0.337 e. The first kappa shape index (κ1) is 17.6. The number of nitrogens with two attached hydrogens (primary N) is 1. The molecule has 0 heterocycles. The molecule has 7 nitrogen and oxygen atoms in total. The molecule has 0 bridgehead atoms. The first-order chi connectivity index (χ1) is 9.77. The Morgan fingerprint density at radius 2 is 2.00 bits per heavy atom. The average molecular weight is 424 g/mol. The zero-order valence-corrected chi connectivity index (χ0v) is 14.0. The SMILES string of the molecule is CCOC(=O)C(N)C(=O)Nc1c(Br)cc(Br)cc1C(=O)O. The number of carbonyl (C=O) groups excluding carboxylic acids is 2. The van der Waals surface area contributed by atoms with Crippen LogP contribution in [0.3, 0.4) is 0 Å². The second-order valence-corrected chi connectivity index (χ2v) is 5.60. The number of hydrogen-bond donors (Lipinski definition) is 3. The van der Waals surface area contributed by atoms with Crippen LogP contribution in [-0.4, -0.2) is 35.6 Å². The van der Waals surface area contributed by atoms with Crippen molar-refractivity contribution in [3.8, 4) is 0 Å². The van der Waals surface area contributed by atoms with E-state index in [0.717, 1.165) is 0 Å². The predicted octanol–water partition coefficient (Wildman–Crippen LogP) is 1.74. The summed E-state index contributed by atoms with van der Waals surface area (Å²) < 4.78 is 5.47. The van der Waals surface area contributed by atoms with E-state index in [1.54, 1.807) is 13.0 Å². The number of ether oxygens (including phenoxy) is 1. The molecule has 1 amide bonds. The third-order valence-electron chi connectivity index (χ3n) is 2.36. The number of rotatable bonds is 5. The highest BCUT2D eigenvalue weighted by Crippen LogP contribution is 2.31. The van der Waals surface area contributed by atoms with Gasteiger partial charge in [-0.2, -0.15) is 0 Å². The number of amides is 1. The summed E-state index contributed by atoms with van der Waals surface area (Å²) in [5, 5.41) is 11.5. The number of nitrogens with one attached hydrogen (secondary N) is 1. The number of anilines is 1. The number of carbonyl (C=O) groups is 3. The van der Waals surface area contributed by atoms with Crippen LogP contribution >= 0.6 is 31.9 Å². The van der Waals surface area contributed by atoms with E-state index in [2.05, 4.69) is 41.9 Å². The molecule has 1 atom stereocenters. The van der Waals surface area contributed by atoms with Crippen molar-refractivity contribution in [1.29, 1.82) is 0 Å². The van der Waals surface area contributed by atoms with Crippen molar-refractivity contribution < 1.29 is 24.2 Å². The molecule has 1 unspecified atom stereocenters. The van der Waals surface area contributed by atoms with Crippen LogP contribution < -0.4 is 11.1 Å². The Morgan fingerprint density at radius 3 is 2.52 bits per heavy atom. The molecule has 0 aromatic heterocycles. The van der Waals surface area contributed by atoms with E-state index in [9.17, 15) is 14.4 Å². The fourth-order valence-electron chi connectivity index (χ4n) is 1.41. The molecule has 1 aromatic rings. The van der Waals surface area contributed by atoms with Crippen LogP contribution in [0.5, 0.6) is 0 Å². The van der Waals surface area contributed by atoms with E-state index < -0.39 is 23.9 Å². The number of halogens is 2. The lowest BCUT2D eigenvalue weighted by atomic mass is 10.1. The number of esters is 1. The van der Waals surface area contributed by atoms with Crippen molar-refractivity contribution in [3.63, 3.8) is 0 Å². The van der Waals surface area contributed by atoms with E-state index in [1.807, 2.05) is 0 Å². The Morgan fingerprint density at radius 1 is 1.38 bits per heavy atom. The highest BCUT2D eigenvalue weighted by atomic mass is 79.9. The molecule has 1 aromatic carbocycles. The smallest absolute Gasteiger partial charge is 0.337 e. The molecule has 21 heavy (non-hydrogen) atoms. The van der Waals surface area contributed by atoms with E-state index in [0.29, 0.717) is 8.95 Å². The summed E-state index contributed by atoms with van der Waals surface area (Å²) in [6, 6.07) is 1.33. The van der Waals surface area contributed by atoms with E-state index in [4.69, 9.17) is 10.8 Å². The topological polar surface area (TPSA) is 119 Å². The number of aromatic carboxylic acids is 1. The Bertz CT molecular complexity index is 591. The molecule has 0 saturated carbocycles. The molecular formula is C12H12Br2N2O5. The Kier molecular flexibility index (Phi) is 6.31.